The molecule has 0 fully saturated rings. The molecule has 22 heavy (non-hydrogen) atoms. The van der Waals surface area contributed by atoms with Gasteiger partial charge in [-0.25, -0.2) is 9.48 Å². The summed E-state index contributed by atoms with van der Waals surface area (Å²) in [6.45, 7) is 2.46. The Morgan fingerprint density at radius 3 is 2.77 bits per heavy atom. The molecular weight excluding hydrogens is 286 g/mol. The number of carboxylic acid groups (broad SMARTS) is 1. The van der Waals surface area contributed by atoms with E-state index in [1.54, 1.807) is 24.3 Å². The van der Waals surface area contributed by atoms with Crippen LogP contribution in [0.15, 0.2) is 36.5 Å². The molecule has 2 N–H and O–H groups in total. The number of hydrogen-bond acceptors (Lipinski definition) is 4. The molecule has 1 amide bonds. The van der Waals surface area contributed by atoms with E-state index in [-0.39, 0.29) is 18.2 Å². The standard InChI is InChI=1S/C15H17N3O4/c1-2-9-22-10-14(19)16-11-5-3-4-6-13(11)18-8-7-12(17-18)15(20)21/h3-8H,2,9-10H2,1H3,(H,16,19)(H,20,21). The molecule has 116 valence electrons. The van der Waals surface area contributed by atoms with Crippen LogP contribution in [0, 0.1) is 0 Å². The van der Waals surface area contributed by atoms with Gasteiger partial charge >= 0.3 is 5.97 Å². The smallest absolute Gasteiger partial charge is 0.356 e. The molecule has 0 spiro atoms. The van der Waals surface area contributed by atoms with Crippen molar-refractivity contribution < 1.29 is 19.4 Å². The van der Waals surface area contributed by atoms with E-state index < -0.39 is 5.97 Å². The molecule has 7 nitrogen and oxygen atoms in total. The van der Waals surface area contributed by atoms with Crippen molar-refractivity contribution in [2.75, 3.05) is 18.5 Å². The maximum atomic E-state index is 11.8. The van der Waals surface area contributed by atoms with E-state index in [1.807, 2.05) is 6.92 Å². The highest BCUT2D eigenvalue weighted by atomic mass is 16.5. The predicted octanol–water partition coefficient (Wildman–Crippen LogP) is 1.94. The number of hydrogen-bond donors (Lipinski definition) is 2. The normalized spacial score (nSPS) is 10.4. The first kappa shape index (κ1) is 15.7. The average Bonchev–Trinajstić information content (AvgIpc) is 2.98. The predicted molar refractivity (Wildman–Crippen MR) is 80.3 cm³/mol. The van der Waals surface area contributed by atoms with Gasteiger partial charge in [-0.2, -0.15) is 5.10 Å². The fourth-order valence-corrected chi connectivity index (χ4v) is 1.85. The number of carbonyl (C=O) groups is 2. The minimum atomic E-state index is -1.10. The minimum Gasteiger partial charge on any atom is -0.476 e. The highest BCUT2D eigenvalue weighted by Crippen LogP contribution is 2.19. The molecule has 0 unspecified atom stereocenters. The molecule has 2 rings (SSSR count). The number of anilines is 1. The lowest BCUT2D eigenvalue weighted by Crippen LogP contribution is -2.19. The molecular formula is C15H17N3O4. The van der Waals surface area contributed by atoms with E-state index in [4.69, 9.17) is 9.84 Å². The molecule has 0 aliphatic heterocycles. The molecule has 1 aromatic heterocycles. The highest BCUT2D eigenvalue weighted by Gasteiger charge is 2.12. The van der Waals surface area contributed by atoms with Crippen LogP contribution in [-0.2, 0) is 9.53 Å². The number of aromatic carboxylic acids is 1. The number of benzene rings is 1. The Kier molecular flexibility index (Phi) is 5.26. The number of nitrogens with zero attached hydrogens (tertiary/aromatic N) is 2. The number of nitrogens with one attached hydrogen (secondary N) is 1. The third-order valence-corrected chi connectivity index (χ3v) is 2.81. The van der Waals surface area contributed by atoms with E-state index in [2.05, 4.69) is 10.4 Å². The Hall–Kier alpha value is -2.67. The molecule has 0 aliphatic rings. The first-order valence-corrected chi connectivity index (χ1v) is 6.87. The number of amides is 1. The maximum absolute atomic E-state index is 11.8. The summed E-state index contributed by atoms with van der Waals surface area (Å²) in [5.41, 5.74) is 1.05. The molecule has 0 saturated heterocycles. The van der Waals surface area contributed by atoms with Crippen LogP contribution in [0.4, 0.5) is 5.69 Å². The fourth-order valence-electron chi connectivity index (χ4n) is 1.85. The van der Waals surface area contributed by atoms with Crippen molar-refractivity contribution in [3.05, 3.63) is 42.2 Å². The summed E-state index contributed by atoms with van der Waals surface area (Å²) < 4.78 is 6.59. The van der Waals surface area contributed by atoms with E-state index >= 15 is 0 Å². The molecule has 2 aromatic rings. The van der Waals surface area contributed by atoms with Gasteiger partial charge in [-0.3, -0.25) is 4.79 Å². The Morgan fingerprint density at radius 2 is 2.09 bits per heavy atom. The molecule has 0 saturated carbocycles. The van der Waals surface area contributed by atoms with Gasteiger partial charge < -0.3 is 15.2 Å². The molecule has 7 heteroatoms. The van der Waals surface area contributed by atoms with Crippen molar-refractivity contribution >= 4 is 17.6 Å². The molecule has 0 bridgehead atoms. The maximum Gasteiger partial charge on any atom is 0.356 e. The van der Waals surface area contributed by atoms with Crippen molar-refractivity contribution in [3.63, 3.8) is 0 Å². The largest absolute Gasteiger partial charge is 0.476 e. The number of para-hydroxylation sites is 2. The summed E-state index contributed by atoms with van der Waals surface area (Å²) in [4.78, 5) is 22.7. The number of carbonyl (C=O) groups excluding carboxylic acids is 1. The SMILES string of the molecule is CCCOCC(=O)Nc1ccccc1-n1ccc(C(=O)O)n1. The van der Waals surface area contributed by atoms with Crippen LogP contribution in [0.1, 0.15) is 23.8 Å². The van der Waals surface area contributed by atoms with Crippen molar-refractivity contribution in [2.24, 2.45) is 0 Å². The molecule has 0 aliphatic carbocycles. The quantitative estimate of drug-likeness (QED) is 0.762. The minimum absolute atomic E-state index is 0.0261. The zero-order chi connectivity index (χ0) is 15.9. The van der Waals surface area contributed by atoms with E-state index in [0.29, 0.717) is 18.0 Å². The van der Waals surface area contributed by atoms with Gasteiger partial charge in [-0.05, 0) is 24.6 Å². The van der Waals surface area contributed by atoms with Gasteiger partial charge in [0.1, 0.15) is 6.61 Å². The van der Waals surface area contributed by atoms with Gasteiger partial charge in [0.2, 0.25) is 5.91 Å². The summed E-state index contributed by atoms with van der Waals surface area (Å²) in [6, 6.07) is 8.40. The average molecular weight is 303 g/mol. The van der Waals surface area contributed by atoms with Crippen LogP contribution in [0.25, 0.3) is 5.69 Å². The van der Waals surface area contributed by atoms with Gasteiger partial charge in [-0.1, -0.05) is 19.1 Å². The zero-order valence-electron chi connectivity index (χ0n) is 12.2. The number of carboxylic acids is 1. The van der Waals surface area contributed by atoms with Crippen molar-refractivity contribution in [2.45, 2.75) is 13.3 Å². The number of rotatable bonds is 7. The summed E-state index contributed by atoms with van der Waals surface area (Å²) in [5.74, 6) is -1.38. The molecule has 0 radical (unpaired) electrons. The fraction of sp³-hybridized carbons (Fsp3) is 0.267. The Labute approximate surface area is 127 Å². The summed E-state index contributed by atoms with van der Waals surface area (Å²) in [6.07, 6.45) is 2.37. The summed E-state index contributed by atoms with van der Waals surface area (Å²) in [7, 11) is 0. The van der Waals surface area contributed by atoms with Crippen molar-refractivity contribution in [1.29, 1.82) is 0 Å². The lowest BCUT2D eigenvalue weighted by Gasteiger charge is -2.11. The molecule has 1 heterocycles. The van der Waals surface area contributed by atoms with Crippen molar-refractivity contribution in [3.8, 4) is 5.69 Å². The van der Waals surface area contributed by atoms with Crippen molar-refractivity contribution in [1.82, 2.24) is 9.78 Å². The van der Waals surface area contributed by atoms with Gasteiger partial charge in [0.15, 0.2) is 5.69 Å². The Bertz CT molecular complexity index is 666. The highest BCUT2D eigenvalue weighted by molar-refractivity contribution is 5.93. The summed E-state index contributed by atoms with van der Waals surface area (Å²) >= 11 is 0. The lowest BCUT2D eigenvalue weighted by molar-refractivity contribution is -0.120. The van der Waals surface area contributed by atoms with E-state index in [1.165, 1.54) is 16.9 Å². The van der Waals surface area contributed by atoms with Crippen LogP contribution in [0.2, 0.25) is 0 Å². The second-order valence-corrected chi connectivity index (χ2v) is 4.57. The molecule has 0 atom stereocenters. The third-order valence-electron chi connectivity index (χ3n) is 2.81. The van der Waals surface area contributed by atoms with E-state index in [0.717, 1.165) is 6.42 Å². The second-order valence-electron chi connectivity index (χ2n) is 4.57. The summed E-state index contributed by atoms with van der Waals surface area (Å²) in [5, 5.41) is 15.6. The zero-order valence-corrected chi connectivity index (χ0v) is 12.2. The van der Waals surface area contributed by atoms with E-state index in [9.17, 15) is 9.59 Å². The van der Waals surface area contributed by atoms with Crippen LogP contribution in [0.3, 0.4) is 0 Å². The lowest BCUT2D eigenvalue weighted by atomic mass is 10.2. The monoisotopic (exact) mass is 303 g/mol. The topological polar surface area (TPSA) is 93.5 Å². The molecule has 1 aromatic carbocycles. The first-order valence-electron chi connectivity index (χ1n) is 6.87. The Morgan fingerprint density at radius 1 is 1.32 bits per heavy atom. The Balaban J connectivity index is 2.15. The number of aromatic nitrogens is 2. The third kappa shape index (κ3) is 3.92. The van der Waals surface area contributed by atoms with Crippen LogP contribution >= 0.6 is 0 Å². The van der Waals surface area contributed by atoms with Gasteiger partial charge in [0.05, 0.1) is 11.4 Å². The van der Waals surface area contributed by atoms with Crippen LogP contribution in [-0.4, -0.2) is 40.0 Å². The number of ether oxygens (including phenoxy) is 1. The first-order chi connectivity index (χ1) is 10.6. The second kappa shape index (κ2) is 7.37. The van der Waals surface area contributed by atoms with Gasteiger partial charge in [0, 0.05) is 12.8 Å². The van der Waals surface area contributed by atoms with Gasteiger partial charge in [-0.15, -0.1) is 0 Å². The van der Waals surface area contributed by atoms with Crippen LogP contribution in [0.5, 0.6) is 0 Å². The van der Waals surface area contributed by atoms with Gasteiger partial charge in [0.25, 0.3) is 0 Å². The van der Waals surface area contributed by atoms with Crippen LogP contribution < -0.4 is 5.32 Å².